The highest BCUT2D eigenvalue weighted by Crippen LogP contribution is 2.30. The second-order valence-corrected chi connectivity index (χ2v) is 10.8. The van der Waals surface area contributed by atoms with Crippen LogP contribution in [0.5, 0.6) is 0 Å². The molecule has 0 bridgehead atoms. The van der Waals surface area contributed by atoms with Crippen LogP contribution in [-0.2, 0) is 9.47 Å². The van der Waals surface area contributed by atoms with Crippen LogP contribution in [-0.4, -0.2) is 74.0 Å². The first-order valence-electron chi connectivity index (χ1n) is 14.3. The van der Waals surface area contributed by atoms with E-state index < -0.39 is 5.60 Å². The number of amides is 1. The molecule has 2 fully saturated rings. The second-order valence-electron chi connectivity index (χ2n) is 10.8. The molecule has 1 N–H and O–H groups in total. The molecule has 2 aromatic carbocycles. The Labute approximate surface area is 223 Å². The van der Waals surface area contributed by atoms with E-state index in [-0.39, 0.29) is 6.09 Å². The molecule has 202 valence electrons. The number of nitrogens with one attached hydrogen (secondary N) is 1. The summed E-state index contributed by atoms with van der Waals surface area (Å²) in [5.41, 5.74) is 2.40. The molecule has 0 aliphatic carbocycles. The predicted molar refractivity (Wildman–Crippen MR) is 151 cm³/mol. The van der Waals surface area contributed by atoms with Crippen LogP contribution in [0.2, 0.25) is 0 Å². The molecule has 4 rings (SSSR count). The van der Waals surface area contributed by atoms with E-state index in [0.29, 0.717) is 0 Å². The fourth-order valence-corrected chi connectivity index (χ4v) is 5.36. The van der Waals surface area contributed by atoms with Gasteiger partial charge < -0.3 is 19.3 Å². The Morgan fingerprint density at radius 2 is 1.41 bits per heavy atom. The maximum absolute atomic E-state index is 12.8. The first-order chi connectivity index (χ1) is 18.1. The van der Waals surface area contributed by atoms with Crippen molar-refractivity contribution in [2.45, 2.75) is 63.9 Å². The van der Waals surface area contributed by atoms with Crippen LogP contribution in [0.15, 0.2) is 54.6 Å². The van der Waals surface area contributed by atoms with E-state index in [1.165, 1.54) is 45.3 Å². The molecule has 2 heterocycles. The Morgan fingerprint density at radius 3 is 2.08 bits per heavy atom. The third-order valence-electron chi connectivity index (χ3n) is 7.73. The monoisotopic (exact) mass is 507 g/mol. The molecule has 6 heteroatoms. The first-order valence-corrected chi connectivity index (χ1v) is 14.3. The standard InChI is InChI=1S/C31H45N3O3/c1-31(37-30(35)32-29-16-6-5-15-28(29)27-13-3-2-4-14-27)17-23-34(24-18-31)22-10-12-26-36-25-11-9-21-33-19-7-8-20-33/h2-6,13-16H,7-12,17-26H2,1H3,(H,32,35). The lowest BCUT2D eigenvalue weighted by Gasteiger charge is -2.38. The maximum Gasteiger partial charge on any atom is 0.412 e. The molecule has 0 atom stereocenters. The minimum atomic E-state index is -0.430. The predicted octanol–water partition coefficient (Wildman–Crippen LogP) is 6.43. The van der Waals surface area contributed by atoms with E-state index in [9.17, 15) is 4.79 Å². The van der Waals surface area contributed by atoms with Gasteiger partial charge in [-0.1, -0.05) is 48.5 Å². The summed E-state index contributed by atoms with van der Waals surface area (Å²) >= 11 is 0. The van der Waals surface area contributed by atoms with E-state index in [1.54, 1.807) is 0 Å². The van der Waals surface area contributed by atoms with Gasteiger partial charge in [0.15, 0.2) is 0 Å². The molecular formula is C31H45N3O3. The number of carbonyl (C=O) groups is 1. The zero-order valence-corrected chi connectivity index (χ0v) is 22.6. The number of unbranched alkanes of at least 4 members (excludes halogenated alkanes) is 2. The molecule has 0 radical (unpaired) electrons. The van der Waals surface area contributed by atoms with E-state index >= 15 is 0 Å². The smallest absolute Gasteiger partial charge is 0.412 e. The number of hydrogen-bond donors (Lipinski definition) is 1. The van der Waals surface area contributed by atoms with Crippen molar-refractivity contribution in [1.82, 2.24) is 9.80 Å². The van der Waals surface area contributed by atoms with Gasteiger partial charge in [0.25, 0.3) is 0 Å². The molecule has 2 aromatic rings. The van der Waals surface area contributed by atoms with Crippen molar-refractivity contribution in [2.24, 2.45) is 0 Å². The average molecular weight is 508 g/mol. The zero-order chi connectivity index (χ0) is 25.8. The molecule has 0 saturated carbocycles. The van der Waals surface area contributed by atoms with E-state index in [1.807, 2.05) is 54.6 Å². The Kier molecular flexibility index (Phi) is 10.8. The van der Waals surface area contributed by atoms with Crippen LogP contribution in [0.4, 0.5) is 10.5 Å². The Balaban J connectivity index is 1.08. The number of carbonyl (C=O) groups excluding carboxylic acids is 1. The van der Waals surface area contributed by atoms with Crippen molar-refractivity contribution < 1.29 is 14.3 Å². The summed E-state index contributed by atoms with van der Waals surface area (Å²) in [6, 6.07) is 18.0. The molecule has 6 nitrogen and oxygen atoms in total. The average Bonchev–Trinajstić information content (AvgIpc) is 3.43. The van der Waals surface area contributed by atoms with Crippen molar-refractivity contribution in [2.75, 3.05) is 57.8 Å². The van der Waals surface area contributed by atoms with E-state index in [2.05, 4.69) is 22.0 Å². The molecule has 1 amide bonds. The number of benzene rings is 2. The minimum Gasteiger partial charge on any atom is -0.443 e. The Hall–Kier alpha value is -2.41. The van der Waals surface area contributed by atoms with Gasteiger partial charge in [-0.25, -0.2) is 4.79 Å². The topological polar surface area (TPSA) is 54.0 Å². The maximum atomic E-state index is 12.8. The normalized spacial score (nSPS) is 18.1. The largest absolute Gasteiger partial charge is 0.443 e. The lowest BCUT2D eigenvalue weighted by molar-refractivity contribution is -0.0166. The second kappa shape index (κ2) is 14.5. The van der Waals surface area contributed by atoms with E-state index in [4.69, 9.17) is 9.47 Å². The third kappa shape index (κ3) is 9.13. The minimum absolute atomic E-state index is 0.378. The van der Waals surface area contributed by atoms with Gasteiger partial charge in [-0.3, -0.25) is 5.32 Å². The number of ether oxygens (including phenoxy) is 2. The van der Waals surface area contributed by atoms with Gasteiger partial charge in [0.1, 0.15) is 5.60 Å². The van der Waals surface area contributed by atoms with Gasteiger partial charge in [0.2, 0.25) is 0 Å². The lowest BCUT2D eigenvalue weighted by atomic mass is 9.93. The quantitative estimate of drug-likeness (QED) is 0.317. The fraction of sp³-hybridized carbons (Fsp3) is 0.581. The number of anilines is 1. The molecule has 0 spiro atoms. The van der Waals surface area contributed by atoms with Crippen molar-refractivity contribution in [3.63, 3.8) is 0 Å². The highest BCUT2D eigenvalue weighted by atomic mass is 16.6. The zero-order valence-electron chi connectivity index (χ0n) is 22.6. The van der Waals surface area contributed by atoms with Gasteiger partial charge in [0, 0.05) is 31.9 Å². The van der Waals surface area contributed by atoms with Crippen molar-refractivity contribution in [3.05, 3.63) is 54.6 Å². The van der Waals surface area contributed by atoms with Crippen LogP contribution >= 0.6 is 0 Å². The summed E-state index contributed by atoms with van der Waals surface area (Å²) in [6.07, 6.45) is 8.78. The summed E-state index contributed by atoms with van der Waals surface area (Å²) < 4.78 is 11.8. The van der Waals surface area contributed by atoms with Gasteiger partial charge in [-0.2, -0.15) is 0 Å². The summed E-state index contributed by atoms with van der Waals surface area (Å²) in [6.45, 7) is 10.6. The van der Waals surface area contributed by atoms with E-state index in [0.717, 1.165) is 75.3 Å². The van der Waals surface area contributed by atoms with Crippen LogP contribution in [0.3, 0.4) is 0 Å². The highest BCUT2D eigenvalue weighted by molar-refractivity contribution is 5.91. The summed E-state index contributed by atoms with van der Waals surface area (Å²) in [4.78, 5) is 17.9. The molecule has 0 aromatic heterocycles. The van der Waals surface area contributed by atoms with Crippen molar-refractivity contribution in [1.29, 1.82) is 0 Å². The summed E-state index contributed by atoms with van der Waals surface area (Å²) in [7, 11) is 0. The van der Waals surface area contributed by atoms with Crippen LogP contribution in [0.1, 0.15) is 58.3 Å². The fourth-order valence-electron chi connectivity index (χ4n) is 5.36. The molecule has 0 unspecified atom stereocenters. The summed E-state index contributed by atoms with van der Waals surface area (Å²) in [5, 5.41) is 2.98. The number of nitrogens with zero attached hydrogens (tertiary/aromatic N) is 2. The van der Waals surface area contributed by atoms with Crippen LogP contribution in [0.25, 0.3) is 11.1 Å². The van der Waals surface area contributed by atoms with Gasteiger partial charge >= 0.3 is 6.09 Å². The molecule has 2 saturated heterocycles. The number of rotatable bonds is 13. The Bertz CT molecular complexity index is 938. The molecular weight excluding hydrogens is 462 g/mol. The van der Waals surface area contributed by atoms with Crippen molar-refractivity contribution >= 4 is 11.8 Å². The van der Waals surface area contributed by atoms with Crippen LogP contribution in [0, 0.1) is 0 Å². The van der Waals surface area contributed by atoms with Crippen molar-refractivity contribution in [3.8, 4) is 11.1 Å². The molecule has 2 aliphatic heterocycles. The third-order valence-corrected chi connectivity index (χ3v) is 7.73. The van der Waals surface area contributed by atoms with Gasteiger partial charge in [0.05, 0.1) is 5.69 Å². The summed E-state index contributed by atoms with van der Waals surface area (Å²) in [5.74, 6) is 0. The molecule has 2 aliphatic rings. The highest BCUT2D eigenvalue weighted by Gasteiger charge is 2.33. The first kappa shape index (κ1) is 27.6. The number of hydrogen-bond acceptors (Lipinski definition) is 5. The molecule has 37 heavy (non-hydrogen) atoms. The number of likely N-dealkylation sites (tertiary alicyclic amines) is 2. The SMILES string of the molecule is CC1(OC(=O)Nc2ccccc2-c2ccccc2)CCN(CCCCOCCCCN2CCCC2)CC1. The van der Waals surface area contributed by atoms with Crippen LogP contribution < -0.4 is 5.32 Å². The van der Waals surface area contributed by atoms with Gasteiger partial charge in [-0.15, -0.1) is 0 Å². The Morgan fingerprint density at radius 1 is 0.811 bits per heavy atom. The van der Waals surface area contributed by atoms with Gasteiger partial charge in [-0.05, 0) is 96.1 Å². The number of para-hydroxylation sites is 1. The number of piperidine rings is 1. The lowest BCUT2D eigenvalue weighted by Crippen LogP contribution is -2.46.